The molecule has 0 saturated heterocycles. The van der Waals surface area contributed by atoms with Crippen LogP contribution < -0.4 is 22.9 Å². The van der Waals surface area contributed by atoms with Gasteiger partial charge in [0.25, 0.3) is 0 Å². The first-order valence-corrected chi connectivity index (χ1v) is 22.7. The molecule has 0 saturated carbocycles. The van der Waals surface area contributed by atoms with E-state index in [0.717, 1.165) is 51.4 Å². The molecule has 372 valence electrons. The summed E-state index contributed by atoms with van der Waals surface area (Å²) in [6, 6.07) is 0. The third-order valence-corrected chi connectivity index (χ3v) is 8.59. The number of carbonyl (C=O) groups is 6. The van der Waals surface area contributed by atoms with E-state index in [1.165, 1.54) is 128 Å². The summed E-state index contributed by atoms with van der Waals surface area (Å²) in [6.45, 7) is 8.86. The minimum absolute atomic E-state index is 0.163. The van der Waals surface area contributed by atoms with Gasteiger partial charge in [-0.15, -0.1) is 0 Å². The summed E-state index contributed by atoms with van der Waals surface area (Å²) in [5.74, 6) is -6.17. The summed E-state index contributed by atoms with van der Waals surface area (Å²) in [5.41, 5.74) is 20.1. The summed E-state index contributed by atoms with van der Waals surface area (Å²) in [6.07, 6.45) is 26.8. The zero-order valence-corrected chi connectivity index (χ0v) is 38.5. The number of carboxylic acids is 2. The number of halogens is 6. The topological polar surface area (TPSA) is 247 Å². The van der Waals surface area contributed by atoms with Gasteiger partial charge in [0.1, 0.15) is 0 Å². The minimum Gasteiger partial charge on any atom is -0.475 e. The van der Waals surface area contributed by atoms with Gasteiger partial charge in [-0.3, -0.25) is 19.2 Å². The van der Waals surface area contributed by atoms with E-state index >= 15 is 0 Å². The molecule has 18 heteroatoms. The molecule has 0 aromatic heterocycles. The molecule has 0 aromatic carbocycles. The van der Waals surface area contributed by atoms with Gasteiger partial charge in [0.15, 0.2) is 0 Å². The van der Waals surface area contributed by atoms with Crippen LogP contribution in [0.5, 0.6) is 0 Å². The van der Waals surface area contributed by atoms with Gasteiger partial charge in [0.05, 0.1) is 0 Å². The van der Waals surface area contributed by atoms with Gasteiger partial charge in [-0.25, -0.2) is 9.59 Å². The Bertz CT molecular complexity index is 914. The van der Waals surface area contributed by atoms with Gasteiger partial charge >= 0.3 is 24.3 Å². The number of amides is 4. The van der Waals surface area contributed by atoms with Crippen molar-refractivity contribution >= 4 is 35.6 Å². The third-order valence-electron chi connectivity index (χ3n) is 8.59. The lowest BCUT2D eigenvalue weighted by molar-refractivity contribution is -0.193. The van der Waals surface area contributed by atoms with Crippen LogP contribution in [0.4, 0.5) is 26.3 Å². The average molecular weight is 913 g/mol. The maximum Gasteiger partial charge on any atom is 0.490 e. The van der Waals surface area contributed by atoms with Crippen LogP contribution in [-0.4, -0.2) is 58.1 Å². The minimum atomic E-state index is -5.08. The number of hydrogen-bond donors (Lipinski definition) is 6. The van der Waals surface area contributed by atoms with E-state index in [9.17, 15) is 45.5 Å². The molecule has 12 nitrogen and oxygen atoms in total. The number of carboxylic acid groups (broad SMARTS) is 2. The molecule has 0 radical (unpaired) electrons. The molecule has 0 heterocycles. The summed E-state index contributed by atoms with van der Waals surface area (Å²) < 4.78 is 63.5. The molecule has 0 aromatic rings. The second-order valence-electron chi connectivity index (χ2n) is 15.0. The van der Waals surface area contributed by atoms with Gasteiger partial charge in [0, 0.05) is 25.7 Å². The molecule has 0 atom stereocenters. The Balaban J connectivity index is -0.000000154. The van der Waals surface area contributed by atoms with E-state index in [0.29, 0.717) is 25.7 Å². The van der Waals surface area contributed by atoms with E-state index in [2.05, 4.69) is 27.7 Å². The Kier molecular flexibility index (Phi) is 60.5. The maximum absolute atomic E-state index is 10.6. The Morgan fingerprint density at radius 2 is 0.419 bits per heavy atom. The highest BCUT2D eigenvalue weighted by Crippen LogP contribution is 2.14. The molecule has 0 unspecified atom stereocenters. The van der Waals surface area contributed by atoms with E-state index in [4.69, 9.17) is 42.7 Å². The molecule has 0 spiro atoms. The first kappa shape index (κ1) is 70.1. The van der Waals surface area contributed by atoms with Crippen molar-refractivity contribution in [1.29, 1.82) is 0 Å². The van der Waals surface area contributed by atoms with E-state index in [-0.39, 0.29) is 23.6 Å². The van der Waals surface area contributed by atoms with Crippen molar-refractivity contribution in [1.82, 2.24) is 0 Å². The number of carbonyl (C=O) groups excluding carboxylic acids is 4. The fourth-order valence-corrected chi connectivity index (χ4v) is 5.03. The SMILES string of the molecule is CCCCCCCCCC(N)=O.CCCCCCCCCC(N)=O.CCCCCCCCCC(N)=O.CCCCCCCCCC(N)=O.O=C(O)C(F)(F)F.O=C(O)C(F)(F)F. The zero-order chi connectivity index (χ0) is 49.1. The highest BCUT2D eigenvalue weighted by molar-refractivity contribution is 5.75. The zero-order valence-electron chi connectivity index (χ0n) is 38.5. The molecule has 0 rings (SSSR count). The molecule has 62 heavy (non-hydrogen) atoms. The van der Waals surface area contributed by atoms with E-state index < -0.39 is 24.3 Å². The molecule has 0 bridgehead atoms. The number of unbranched alkanes of at least 4 members (excludes halogenated alkanes) is 24. The normalized spacial score (nSPS) is 10.4. The number of aliphatic carboxylic acids is 2. The second-order valence-corrected chi connectivity index (χ2v) is 15.0. The van der Waals surface area contributed by atoms with Crippen LogP contribution in [0.15, 0.2) is 0 Å². The Morgan fingerprint density at radius 1 is 0.306 bits per heavy atom. The van der Waals surface area contributed by atoms with Crippen molar-refractivity contribution in [2.75, 3.05) is 0 Å². The lowest BCUT2D eigenvalue weighted by atomic mass is 10.1. The van der Waals surface area contributed by atoms with Gasteiger partial charge < -0.3 is 33.1 Å². The number of hydrogen-bond acceptors (Lipinski definition) is 6. The van der Waals surface area contributed by atoms with E-state index in [1.807, 2.05) is 0 Å². The summed E-state index contributed by atoms with van der Waals surface area (Å²) in [5, 5.41) is 14.2. The first-order valence-electron chi connectivity index (χ1n) is 22.7. The Morgan fingerprint density at radius 3 is 0.516 bits per heavy atom. The van der Waals surface area contributed by atoms with Crippen LogP contribution in [0.25, 0.3) is 0 Å². The van der Waals surface area contributed by atoms with Crippen LogP contribution >= 0.6 is 0 Å². The van der Waals surface area contributed by atoms with Gasteiger partial charge in [0.2, 0.25) is 23.6 Å². The molecular formula is C44H86F6N4O8. The van der Waals surface area contributed by atoms with Crippen molar-refractivity contribution in [3.8, 4) is 0 Å². The highest BCUT2D eigenvalue weighted by atomic mass is 19.4. The maximum atomic E-state index is 10.6. The molecule has 0 aliphatic heterocycles. The van der Waals surface area contributed by atoms with Crippen molar-refractivity contribution in [2.24, 2.45) is 22.9 Å². The quantitative estimate of drug-likeness (QED) is 0.0279. The molecule has 0 aliphatic rings. The summed E-state index contributed by atoms with van der Waals surface area (Å²) in [7, 11) is 0. The monoisotopic (exact) mass is 913 g/mol. The number of nitrogens with two attached hydrogens (primary N) is 4. The van der Waals surface area contributed by atoms with E-state index in [1.54, 1.807) is 0 Å². The number of primary amides is 4. The van der Waals surface area contributed by atoms with Gasteiger partial charge in [-0.05, 0) is 25.7 Å². The summed E-state index contributed by atoms with van der Waals surface area (Å²) in [4.78, 5) is 59.2. The Hall–Kier alpha value is -3.60. The number of alkyl halides is 6. The molecule has 0 fully saturated rings. The molecule has 10 N–H and O–H groups in total. The lowest BCUT2D eigenvalue weighted by Gasteiger charge is -1.98. The number of rotatable bonds is 32. The molecule has 4 amide bonds. The highest BCUT2D eigenvalue weighted by Gasteiger charge is 2.38. The molecule has 0 aliphatic carbocycles. The van der Waals surface area contributed by atoms with Crippen molar-refractivity contribution in [3.05, 3.63) is 0 Å². The van der Waals surface area contributed by atoms with Crippen molar-refractivity contribution in [3.63, 3.8) is 0 Å². The van der Waals surface area contributed by atoms with Crippen molar-refractivity contribution < 1.29 is 65.3 Å². The van der Waals surface area contributed by atoms with Gasteiger partial charge in [-0.1, -0.05) is 182 Å². The summed E-state index contributed by atoms with van der Waals surface area (Å²) >= 11 is 0. The van der Waals surface area contributed by atoms with Crippen molar-refractivity contribution in [2.45, 2.75) is 246 Å². The average Bonchev–Trinajstić information content (AvgIpc) is 3.16. The van der Waals surface area contributed by atoms with Gasteiger partial charge in [-0.2, -0.15) is 26.3 Å². The van der Waals surface area contributed by atoms with Crippen LogP contribution in [-0.2, 0) is 28.8 Å². The predicted octanol–water partition coefficient (Wildman–Crippen LogP) is 11.7. The predicted molar refractivity (Wildman–Crippen MR) is 235 cm³/mol. The smallest absolute Gasteiger partial charge is 0.475 e. The van der Waals surface area contributed by atoms with Crippen LogP contribution in [0.2, 0.25) is 0 Å². The van der Waals surface area contributed by atoms with Crippen LogP contribution in [0.3, 0.4) is 0 Å². The van der Waals surface area contributed by atoms with Crippen LogP contribution in [0, 0.1) is 0 Å². The first-order chi connectivity index (χ1) is 29.0. The standard InChI is InChI=1S/4C10H21NO.2C2HF3O2/c4*1-2-3-4-5-6-7-8-9-10(11)12;2*3-2(4,5)1(6)7/h4*2-9H2,1H3,(H2,11,12);2*(H,6,7). The molecular weight excluding hydrogens is 826 g/mol. The lowest BCUT2D eigenvalue weighted by Crippen LogP contribution is -2.21. The van der Waals surface area contributed by atoms with Crippen LogP contribution in [0.1, 0.15) is 233 Å². The third kappa shape index (κ3) is 87.8. The largest absolute Gasteiger partial charge is 0.490 e. The second kappa shape index (κ2) is 53.5. The Labute approximate surface area is 368 Å². The fraction of sp³-hybridized carbons (Fsp3) is 0.864. The fourth-order valence-electron chi connectivity index (χ4n) is 5.03.